The number of aliphatic hydroxyl groups is 1. The van der Waals surface area contributed by atoms with Crippen LogP contribution in [0.25, 0.3) is 27.6 Å². The van der Waals surface area contributed by atoms with Gasteiger partial charge in [-0.05, 0) is 30.7 Å². The number of imidazole rings is 1. The van der Waals surface area contributed by atoms with Gasteiger partial charge in [0.1, 0.15) is 23.8 Å². The molecular formula is C22H17N3O4. The highest BCUT2D eigenvalue weighted by Gasteiger charge is 2.16. The van der Waals surface area contributed by atoms with Gasteiger partial charge < -0.3 is 19.2 Å². The number of allylic oxidation sites excluding steroid dienone is 1. The van der Waals surface area contributed by atoms with Crippen molar-refractivity contribution in [1.29, 1.82) is 5.26 Å². The molecule has 0 unspecified atom stereocenters. The van der Waals surface area contributed by atoms with Crippen molar-refractivity contribution in [2.45, 2.75) is 13.3 Å². The lowest BCUT2D eigenvalue weighted by Crippen LogP contribution is -2.11. The molecule has 0 aliphatic carbocycles. The molecule has 0 bridgehead atoms. The zero-order valence-electron chi connectivity index (χ0n) is 15.6. The molecule has 0 saturated carbocycles. The Morgan fingerprint density at radius 3 is 2.93 bits per heavy atom. The predicted molar refractivity (Wildman–Crippen MR) is 107 cm³/mol. The minimum Gasteiger partial charge on any atom is -0.507 e. The van der Waals surface area contributed by atoms with E-state index < -0.39 is 12.6 Å². The summed E-state index contributed by atoms with van der Waals surface area (Å²) in [6.07, 6.45) is 1.52. The van der Waals surface area contributed by atoms with Crippen LogP contribution in [0.2, 0.25) is 0 Å². The number of fused-ring (bicyclic) bond motifs is 2. The zero-order chi connectivity index (χ0) is 20.4. The normalized spacial score (nSPS) is 12.0. The molecule has 2 heterocycles. The number of para-hydroxylation sites is 2. The number of aliphatic hydroxyl groups excluding tert-OH is 1. The van der Waals surface area contributed by atoms with Crippen molar-refractivity contribution < 1.29 is 19.1 Å². The van der Waals surface area contributed by atoms with Crippen LogP contribution < -0.4 is 0 Å². The second kappa shape index (κ2) is 7.52. The van der Waals surface area contributed by atoms with Crippen molar-refractivity contribution >= 4 is 33.5 Å². The fraction of sp³-hybridized carbons (Fsp3) is 0.136. The van der Waals surface area contributed by atoms with Gasteiger partial charge in [-0.15, -0.1) is 0 Å². The number of aromatic nitrogens is 2. The number of hydrogen-bond donors (Lipinski definition) is 2. The van der Waals surface area contributed by atoms with E-state index in [1.165, 1.54) is 6.26 Å². The standard InChI is InChI=1S/C22H17N3O4/c1-13-6-7-15-14(11-28-20(15)8-13)9-21(27)29-12-19(26)16(10-23)22-24-17-4-2-3-5-18(17)25-22/h2-8,11,26H,9,12H2,1H3,(H,24,25)/b19-16-. The molecule has 0 aliphatic heterocycles. The van der Waals surface area contributed by atoms with Crippen LogP contribution in [-0.2, 0) is 16.0 Å². The van der Waals surface area contributed by atoms with E-state index in [1.54, 1.807) is 6.07 Å². The highest BCUT2D eigenvalue weighted by Crippen LogP contribution is 2.23. The van der Waals surface area contributed by atoms with Crippen molar-refractivity contribution in [1.82, 2.24) is 9.97 Å². The summed E-state index contributed by atoms with van der Waals surface area (Å²) in [7, 11) is 0. The molecule has 7 heteroatoms. The maximum atomic E-state index is 12.2. The summed E-state index contributed by atoms with van der Waals surface area (Å²) < 4.78 is 10.6. The summed E-state index contributed by atoms with van der Waals surface area (Å²) >= 11 is 0. The van der Waals surface area contributed by atoms with E-state index in [2.05, 4.69) is 9.97 Å². The van der Waals surface area contributed by atoms with E-state index in [-0.39, 0.29) is 23.6 Å². The Morgan fingerprint density at radius 2 is 2.14 bits per heavy atom. The molecule has 0 radical (unpaired) electrons. The maximum absolute atomic E-state index is 12.2. The number of nitrogens with zero attached hydrogens (tertiary/aromatic N) is 2. The predicted octanol–water partition coefficient (Wildman–Crippen LogP) is 4.20. The first-order chi connectivity index (χ1) is 14.0. The Bertz CT molecular complexity index is 1260. The van der Waals surface area contributed by atoms with E-state index in [9.17, 15) is 15.2 Å². The summed E-state index contributed by atoms with van der Waals surface area (Å²) in [5, 5.41) is 20.5. The molecule has 0 atom stereocenters. The SMILES string of the molecule is Cc1ccc2c(CC(=O)OC/C(O)=C(\C#N)c3nc4ccccc4[nH]3)coc2c1. The highest BCUT2D eigenvalue weighted by molar-refractivity contribution is 5.86. The summed E-state index contributed by atoms with van der Waals surface area (Å²) in [4.78, 5) is 19.5. The third kappa shape index (κ3) is 3.69. The number of carbonyl (C=O) groups is 1. The smallest absolute Gasteiger partial charge is 0.310 e. The number of benzene rings is 2. The van der Waals surface area contributed by atoms with Gasteiger partial charge in [0.25, 0.3) is 0 Å². The topological polar surface area (TPSA) is 112 Å². The first-order valence-corrected chi connectivity index (χ1v) is 8.95. The number of nitriles is 1. The fourth-order valence-electron chi connectivity index (χ4n) is 3.08. The van der Waals surface area contributed by atoms with Crippen LogP contribution in [0, 0.1) is 18.3 Å². The molecule has 0 amide bonds. The van der Waals surface area contributed by atoms with Crippen LogP contribution in [0.1, 0.15) is 17.0 Å². The van der Waals surface area contributed by atoms with Gasteiger partial charge in [0.2, 0.25) is 0 Å². The summed E-state index contributed by atoms with van der Waals surface area (Å²) in [5.41, 5.74) is 3.80. The lowest BCUT2D eigenvalue weighted by molar-refractivity contribution is -0.142. The van der Waals surface area contributed by atoms with E-state index >= 15 is 0 Å². The van der Waals surface area contributed by atoms with E-state index in [0.29, 0.717) is 16.7 Å². The Labute approximate surface area is 165 Å². The van der Waals surface area contributed by atoms with Gasteiger partial charge in [-0.1, -0.05) is 24.3 Å². The first-order valence-electron chi connectivity index (χ1n) is 8.95. The van der Waals surface area contributed by atoms with Gasteiger partial charge in [-0.3, -0.25) is 4.79 Å². The minimum absolute atomic E-state index is 0.00410. The largest absolute Gasteiger partial charge is 0.507 e. The van der Waals surface area contributed by atoms with Gasteiger partial charge in [-0.2, -0.15) is 5.26 Å². The molecule has 2 aromatic carbocycles. The average molecular weight is 387 g/mol. The molecule has 144 valence electrons. The van der Waals surface area contributed by atoms with Crippen LogP contribution in [0.5, 0.6) is 0 Å². The van der Waals surface area contributed by atoms with Gasteiger partial charge in [0, 0.05) is 10.9 Å². The molecule has 4 rings (SSSR count). The van der Waals surface area contributed by atoms with Crippen molar-refractivity contribution in [3.63, 3.8) is 0 Å². The quantitative estimate of drug-likeness (QED) is 0.302. The number of nitrogens with one attached hydrogen (secondary N) is 1. The lowest BCUT2D eigenvalue weighted by Gasteiger charge is -2.05. The molecule has 2 N–H and O–H groups in total. The number of esters is 1. The van der Waals surface area contributed by atoms with E-state index in [0.717, 1.165) is 16.5 Å². The number of furan rings is 1. The van der Waals surface area contributed by atoms with Gasteiger partial charge in [0.15, 0.2) is 11.6 Å². The Balaban J connectivity index is 1.47. The summed E-state index contributed by atoms with van der Waals surface area (Å²) in [6.45, 7) is 1.54. The molecular weight excluding hydrogens is 370 g/mol. The van der Waals surface area contributed by atoms with Crippen molar-refractivity contribution in [2.75, 3.05) is 6.61 Å². The number of ether oxygens (including phenoxy) is 1. The third-order valence-corrected chi connectivity index (χ3v) is 4.54. The molecule has 7 nitrogen and oxygen atoms in total. The van der Waals surface area contributed by atoms with Crippen LogP contribution in [0.4, 0.5) is 0 Å². The molecule has 0 saturated heterocycles. The number of H-pyrrole nitrogens is 1. The van der Waals surface area contributed by atoms with Crippen molar-refractivity contribution in [2.24, 2.45) is 0 Å². The minimum atomic E-state index is -0.540. The maximum Gasteiger partial charge on any atom is 0.310 e. The Morgan fingerprint density at radius 1 is 1.31 bits per heavy atom. The lowest BCUT2D eigenvalue weighted by atomic mass is 10.1. The number of carbonyl (C=O) groups excluding carboxylic acids is 1. The number of rotatable bonds is 5. The van der Waals surface area contributed by atoms with Gasteiger partial charge >= 0.3 is 5.97 Å². The molecule has 0 spiro atoms. The molecule has 0 fully saturated rings. The third-order valence-electron chi connectivity index (χ3n) is 4.54. The Kier molecular flexibility index (Phi) is 4.75. The molecule has 4 aromatic rings. The van der Waals surface area contributed by atoms with E-state index in [1.807, 2.05) is 49.4 Å². The summed E-state index contributed by atoms with van der Waals surface area (Å²) in [5.74, 6) is -0.687. The van der Waals surface area contributed by atoms with Gasteiger partial charge in [-0.25, -0.2) is 4.98 Å². The van der Waals surface area contributed by atoms with Gasteiger partial charge in [0.05, 0.1) is 23.7 Å². The molecule has 29 heavy (non-hydrogen) atoms. The summed E-state index contributed by atoms with van der Waals surface area (Å²) in [6, 6.07) is 14.9. The van der Waals surface area contributed by atoms with Crippen molar-refractivity contribution in [3.05, 3.63) is 71.4 Å². The van der Waals surface area contributed by atoms with Crippen LogP contribution in [-0.4, -0.2) is 27.7 Å². The van der Waals surface area contributed by atoms with Crippen LogP contribution >= 0.6 is 0 Å². The number of aromatic amines is 1. The second-order valence-corrected chi connectivity index (χ2v) is 6.63. The fourth-order valence-corrected chi connectivity index (χ4v) is 3.08. The monoisotopic (exact) mass is 387 g/mol. The van der Waals surface area contributed by atoms with E-state index in [4.69, 9.17) is 9.15 Å². The highest BCUT2D eigenvalue weighted by atomic mass is 16.5. The Hall–Kier alpha value is -4.05. The van der Waals surface area contributed by atoms with Crippen molar-refractivity contribution in [3.8, 4) is 6.07 Å². The first kappa shape index (κ1) is 18.3. The molecule has 2 aromatic heterocycles. The second-order valence-electron chi connectivity index (χ2n) is 6.63. The van der Waals surface area contributed by atoms with Crippen LogP contribution in [0.15, 0.2) is 58.9 Å². The van der Waals surface area contributed by atoms with Crippen LogP contribution in [0.3, 0.4) is 0 Å². The average Bonchev–Trinajstić information content (AvgIpc) is 3.30. The molecule has 0 aliphatic rings. The number of hydrogen-bond acceptors (Lipinski definition) is 6. The zero-order valence-corrected chi connectivity index (χ0v) is 15.6. The number of aryl methyl sites for hydroxylation is 1.